The largest absolute Gasteiger partial charge is 0.271 e. The van der Waals surface area contributed by atoms with Crippen molar-refractivity contribution in [3.63, 3.8) is 0 Å². The molecule has 0 saturated carbocycles. The van der Waals surface area contributed by atoms with Crippen LogP contribution >= 0.6 is 22.6 Å². The first-order chi connectivity index (χ1) is 6.63. The molecule has 0 spiro atoms. The van der Waals surface area contributed by atoms with Crippen molar-refractivity contribution in [2.24, 2.45) is 11.8 Å². The molecule has 1 aromatic rings. The number of halogens is 1. The number of rotatable bonds is 4. The van der Waals surface area contributed by atoms with Crippen molar-refractivity contribution in [1.82, 2.24) is 5.43 Å². The molecular weight excluding hydrogens is 287 g/mol. The summed E-state index contributed by atoms with van der Waals surface area (Å²) in [6.07, 6.45) is 0.991. The Morgan fingerprint density at radius 3 is 2.29 bits per heavy atom. The van der Waals surface area contributed by atoms with Gasteiger partial charge in [-0.3, -0.25) is 11.3 Å². The molecule has 1 unspecified atom stereocenters. The van der Waals surface area contributed by atoms with Crippen LogP contribution in [0.5, 0.6) is 0 Å². The Morgan fingerprint density at radius 1 is 1.29 bits per heavy atom. The van der Waals surface area contributed by atoms with E-state index in [0.29, 0.717) is 12.0 Å². The molecule has 0 aromatic heterocycles. The smallest absolute Gasteiger partial charge is 0.0273 e. The standard InChI is InChI=1S/C11H17IN2/c1-8(2)11(14-13)7-9-3-5-10(12)6-4-9/h3-6,8,11,14H,7,13H2,1-2H3. The summed E-state index contributed by atoms with van der Waals surface area (Å²) in [6.45, 7) is 4.36. The van der Waals surface area contributed by atoms with Crippen molar-refractivity contribution in [3.05, 3.63) is 33.4 Å². The van der Waals surface area contributed by atoms with E-state index in [1.807, 2.05) is 0 Å². The van der Waals surface area contributed by atoms with Crippen LogP contribution in [0.2, 0.25) is 0 Å². The zero-order chi connectivity index (χ0) is 10.6. The van der Waals surface area contributed by atoms with Crippen LogP contribution in [0, 0.1) is 9.49 Å². The number of nitrogens with two attached hydrogens (primary N) is 1. The molecule has 0 bridgehead atoms. The number of hydrogen-bond acceptors (Lipinski definition) is 2. The molecule has 3 heteroatoms. The van der Waals surface area contributed by atoms with E-state index in [2.05, 4.69) is 66.1 Å². The third-order valence-corrected chi connectivity index (χ3v) is 3.11. The topological polar surface area (TPSA) is 38.0 Å². The van der Waals surface area contributed by atoms with Gasteiger partial charge in [0.1, 0.15) is 0 Å². The van der Waals surface area contributed by atoms with E-state index < -0.39 is 0 Å². The van der Waals surface area contributed by atoms with Gasteiger partial charge in [-0.25, -0.2) is 0 Å². The Kier molecular flexibility index (Phi) is 4.84. The van der Waals surface area contributed by atoms with Gasteiger partial charge in [-0.05, 0) is 52.6 Å². The van der Waals surface area contributed by atoms with E-state index in [4.69, 9.17) is 5.84 Å². The molecule has 0 amide bonds. The molecule has 0 aliphatic rings. The van der Waals surface area contributed by atoms with Crippen LogP contribution in [0.25, 0.3) is 0 Å². The predicted octanol–water partition coefficient (Wildman–Crippen LogP) is 2.32. The second-order valence-electron chi connectivity index (χ2n) is 3.85. The Bertz CT molecular complexity index is 269. The lowest BCUT2D eigenvalue weighted by molar-refractivity contribution is 0.404. The van der Waals surface area contributed by atoms with Gasteiger partial charge in [0.05, 0.1) is 0 Å². The molecule has 0 aliphatic heterocycles. The maximum absolute atomic E-state index is 5.50. The van der Waals surface area contributed by atoms with E-state index in [-0.39, 0.29) is 0 Å². The highest BCUT2D eigenvalue weighted by Crippen LogP contribution is 2.11. The van der Waals surface area contributed by atoms with Crippen molar-refractivity contribution >= 4 is 22.6 Å². The number of nitrogens with one attached hydrogen (secondary N) is 1. The maximum atomic E-state index is 5.50. The molecule has 1 aromatic carbocycles. The van der Waals surface area contributed by atoms with Crippen molar-refractivity contribution < 1.29 is 0 Å². The Morgan fingerprint density at radius 2 is 1.86 bits per heavy atom. The van der Waals surface area contributed by atoms with Gasteiger partial charge >= 0.3 is 0 Å². The molecule has 0 radical (unpaired) electrons. The van der Waals surface area contributed by atoms with E-state index in [1.54, 1.807) is 0 Å². The minimum atomic E-state index is 0.357. The summed E-state index contributed by atoms with van der Waals surface area (Å²) in [6, 6.07) is 8.94. The third-order valence-electron chi connectivity index (χ3n) is 2.39. The minimum absolute atomic E-state index is 0.357. The highest BCUT2D eigenvalue weighted by molar-refractivity contribution is 14.1. The SMILES string of the molecule is CC(C)C(Cc1ccc(I)cc1)NN. The van der Waals surface area contributed by atoms with Gasteiger partial charge in [0.25, 0.3) is 0 Å². The highest BCUT2D eigenvalue weighted by Gasteiger charge is 2.11. The lowest BCUT2D eigenvalue weighted by atomic mass is 9.97. The van der Waals surface area contributed by atoms with E-state index in [1.165, 1.54) is 9.13 Å². The molecule has 14 heavy (non-hydrogen) atoms. The van der Waals surface area contributed by atoms with Crippen LogP contribution in [0.1, 0.15) is 19.4 Å². The van der Waals surface area contributed by atoms with Crippen LogP contribution in [-0.4, -0.2) is 6.04 Å². The quantitative estimate of drug-likeness (QED) is 0.509. The molecule has 0 saturated heterocycles. The van der Waals surface area contributed by atoms with Gasteiger partial charge in [0, 0.05) is 9.61 Å². The molecule has 1 rings (SSSR count). The molecule has 0 aliphatic carbocycles. The zero-order valence-corrected chi connectivity index (χ0v) is 10.8. The summed E-state index contributed by atoms with van der Waals surface area (Å²) in [5.74, 6) is 6.05. The summed E-state index contributed by atoms with van der Waals surface area (Å²) < 4.78 is 1.27. The molecule has 0 heterocycles. The van der Waals surface area contributed by atoms with Gasteiger partial charge in [-0.2, -0.15) is 0 Å². The number of benzene rings is 1. The highest BCUT2D eigenvalue weighted by atomic mass is 127. The lowest BCUT2D eigenvalue weighted by Crippen LogP contribution is -2.40. The average Bonchev–Trinajstić information content (AvgIpc) is 2.16. The van der Waals surface area contributed by atoms with Gasteiger partial charge < -0.3 is 0 Å². The first kappa shape index (κ1) is 11.9. The first-order valence-corrected chi connectivity index (χ1v) is 5.92. The monoisotopic (exact) mass is 304 g/mol. The summed E-state index contributed by atoms with van der Waals surface area (Å²) in [7, 11) is 0. The Labute approximate surface area is 99.4 Å². The molecular formula is C11H17IN2. The lowest BCUT2D eigenvalue weighted by Gasteiger charge is -2.19. The van der Waals surface area contributed by atoms with E-state index in [0.717, 1.165) is 6.42 Å². The zero-order valence-electron chi connectivity index (χ0n) is 8.63. The molecule has 3 N–H and O–H groups in total. The van der Waals surface area contributed by atoms with Crippen LogP contribution in [-0.2, 0) is 6.42 Å². The van der Waals surface area contributed by atoms with Crippen molar-refractivity contribution in [2.75, 3.05) is 0 Å². The minimum Gasteiger partial charge on any atom is -0.271 e. The van der Waals surface area contributed by atoms with Gasteiger partial charge in [-0.1, -0.05) is 26.0 Å². The van der Waals surface area contributed by atoms with Gasteiger partial charge in [-0.15, -0.1) is 0 Å². The third kappa shape index (κ3) is 3.55. The predicted molar refractivity (Wildman–Crippen MR) is 68.8 cm³/mol. The fourth-order valence-corrected chi connectivity index (χ4v) is 1.72. The van der Waals surface area contributed by atoms with Crippen molar-refractivity contribution in [2.45, 2.75) is 26.3 Å². The van der Waals surface area contributed by atoms with Gasteiger partial charge in [0.2, 0.25) is 0 Å². The second-order valence-corrected chi connectivity index (χ2v) is 5.09. The molecule has 2 nitrogen and oxygen atoms in total. The van der Waals surface area contributed by atoms with Crippen LogP contribution in [0.3, 0.4) is 0 Å². The van der Waals surface area contributed by atoms with Crippen LogP contribution < -0.4 is 11.3 Å². The average molecular weight is 304 g/mol. The Hall–Kier alpha value is -0.130. The van der Waals surface area contributed by atoms with E-state index in [9.17, 15) is 0 Å². The second kappa shape index (κ2) is 5.68. The number of hydrogen-bond donors (Lipinski definition) is 2. The maximum Gasteiger partial charge on any atom is 0.0273 e. The summed E-state index contributed by atoms with van der Waals surface area (Å²) in [5.41, 5.74) is 4.20. The van der Waals surface area contributed by atoms with E-state index >= 15 is 0 Å². The summed E-state index contributed by atoms with van der Waals surface area (Å²) in [4.78, 5) is 0. The fourth-order valence-electron chi connectivity index (χ4n) is 1.36. The van der Waals surface area contributed by atoms with Crippen LogP contribution in [0.15, 0.2) is 24.3 Å². The fraction of sp³-hybridized carbons (Fsp3) is 0.455. The summed E-state index contributed by atoms with van der Waals surface area (Å²) in [5, 5.41) is 0. The van der Waals surface area contributed by atoms with Crippen molar-refractivity contribution in [3.8, 4) is 0 Å². The van der Waals surface area contributed by atoms with Crippen LogP contribution in [0.4, 0.5) is 0 Å². The molecule has 0 fully saturated rings. The normalized spacial score (nSPS) is 13.2. The number of hydrazine groups is 1. The Balaban J connectivity index is 2.63. The molecule has 78 valence electrons. The van der Waals surface area contributed by atoms with Gasteiger partial charge in [0.15, 0.2) is 0 Å². The first-order valence-electron chi connectivity index (χ1n) is 4.84. The summed E-state index contributed by atoms with van der Waals surface area (Å²) >= 11 is 2.31. The van der Waals surface area contributed by atoms with Crippen molar-refractivity contribution in [1.29, 1.82) is 0 Å². The molecule has 1 atom stereocenters.